The maximum Gasteiger partial charge on any atom is 0.193 e. The predicted octanol–water partition coefficient (Wildman–Crippen LogP) is 1.75. The Labute approximate surface area is 144 Å². The summed E-state index contributed by atoms with van der Waals surface area (Å²) in [7, 11) is 0.676. The normalized spacial score (nSPS) is 11.7. The second kappa shape index (κ2) is 9.99. The largest absolute Gasteiger partial charge is 0.355 e. The summed E-state index contributed by atoms with van der Waals surface area (Å²) in [6, 6.07) is 10.1. The molecule has 0 bridgehead atoms. The molecule has 0 aromatic heterocycles. The molecule has 0 heterocycles. The molecule has 0 aliphatic rings. The first kappa shape index (κ1) is 20.2. The Morgan fingerprint density at radius 2 is 1.90 bits per heavy atom. The maximum absolute atomic E-state index is 11.4. The van der Waals surface area contributed by atoms with Gasteiger partial charge >= 0.3 is 0 Å². The van der Waals surface area contributed by atoms with E-state index in [0.717, 1.165) is 6.54 Å². The Morgan fingerprint density at radius 1 is 1.29 bits per heavy atom. The first-order chi connectivity index (χ1) is 9.48. The number of benzene rings is 1. The van der Waals surface area contributed by atoms with Crippen LogP contribution in [-0.2, 0) is 16.4 Å². The summed E-state index contributed by atoms with van der Waals surface area (Å²) in [4.78, 5) is 6.13. The lowest BCUT2D eigenvalue weighted by Crippen LogP contribution is -2.40. The van der Waals surface area contributed by atoms with E-state index >= 15 is 0 Å². The van der Waals surface area contributed by atoms with Crippen molar-refractivity contribution in [3.63, 3.8) is 0 Å². The molecule has 5 nitrogen and oxygen atoms in total. The molecule has 0 saturated heterocycles. The minimum atomic E-state index is -2.94. The van der Waals surface area contributed by atoms with E-state index in [1.807, 2.05) is 42.3 Å². The van der Waals surface area contributed by atoms with E-state index in [9.17, 15) is 8.42 Å². The quantitative estimate of drug-likeness (QED) is 0.429. The van der Waals surface area contributed by atoms with Crippen molar-refractivity contribution in [2.24, 2.45) is 4.99 Å². The number of sulfone groups is 1. The molecule has 0 unspecified atom stereocenters. The number of aliphatic imine (C=N–C) groups is 1. The van der Waals surface area contributed by atoms with Crippen LogP contribution in [0.4, 0.5) is 0 Å². The number of hydrogen-bond donors (Lipinski definition) is 1. The van der Waals surface area contributed by atoms with Gasteiger partial charge in [0, 0.05) is 32.9 Å². The fraction of sp³-hybridized carbons (Fsp3) is 0.500. The Bertz CT molecular complexity index is 532. The molecule has 0 spiro atoms. The standard InChI is InChI=1S/C14H23N3O2S.HI/c1-4-20(18,19)11-10-16-14(15-2)17(3)12-13-8-6-5-7-9-13;/h5-9H,4,10-12H2,1-3H3,(H,15,16);1H. The summed E-state index contributed by atoms with van der Waals surface area (Å²) < 4.78 is 22.9. The van der Waals surface area contributed by atoms with E-state index in [2.05, 4.69) is 10.3 Å². The molecule has 0 aliphatic heterocycles. The van der Waals surface area contributed by atoms with E-state index < -0.39 is 9.84 Å². The highest BCUT2D eigenvalue weighted by molar-refractivity contribution is 14.0. The third-order valence-electron chi connectivity index (χ3n) is 2.97. The van der Waals surface area contributed by atoms with Crippen molar-refractivity contribution in [3.05, 3.63) is 35.9 Å². The monoisotopic (exact) mass is 425 g/mol. The van der Waals surface area contributed by atoms with Crippen LogP contribution in [-0.4, -0.2) is 51.4 Å². The summed E-state index contributed by atoms with van der Waals surface area (Å²) >= 11 is 0. The lowest BCUT2D eigenvalue weighted by Gasteiger charge is -2.22. The van der Waals surface area contributed by atoms with Crippen LogP contribution < -0.4 is 5.32 Å². The SMILES string of the molecule is CCS(=O)(=O)CCNC(=NC)N(C)Cc1ccccc1.I. The topological polar surface area (TPSA) is 61.8 Å². The molecule has 7 heteroatoms. The maximum atomic E-state index is 11.4. The highest BCUT2D eigenvalue weighted by Crippen LogP contribution is 2.02. The van der Waals surface area contributed by atoms with Gasteiger partial charge in [0.05, 0.1) is 5.75 Å². The van der Waals surface area contributed by atoms with Gasteiger partial charge in [-0.25, -0.2) is 8.42 Å². The molecule has 1 aromatic carbocycles. The Hall–Kier alpha value is -0.830. The fourth-order valence-corrected chi connectivity index (χ4v) is 2.48. The van der Waals surface area contributed by atoms with Crippen LogP contribution in [0.3, 0.4) is 0 Å². The van der Waals surface area contributed by atoms with Gasteiger partial charge in [0.1, 0.15) is 0 Å². The molecule has 1 aromatic rings. The molecular formula is C14H24IN3O2S. The van der Waals surface area contributed by atoms with Crippen molar-refractivity contribution in [1.82, 2.24) is 10.2 Å². The predicted molar refractivity (Wildman–Crippen MR) is 99.0 cm³/mol. The zero-order valence-electron chi connectivity index (χ0n) is 12.7. The molecule has 120 valence electrons. The summed E-state index contributed by atoms with van der Waals surface area (Å²) in [6.45, 7) is 2.76. The summed E-state index contributed by atoms with van der Waals surface area (Å²) in [6.07, 6.45) is 0. The van der Waals surface area contributed by atoms with Crippen LogP contribution in [0.1, 0.15) is 12.5 Å². The number of guanidine groups is 1. The van der Waals surface area contributed by atoms with E-state index in [4.69, 9.17) is 0 Å². The van der Waals surface area contributed by atoms with Crippen molar-refractivity contribution < 1.29 is 8.42 Å². The number of halogens is 1. The van der Waals surface area contributed by atoms with Crippen molar-refractivity contribution in [3.8, 4) is 0 Å². The van der Waals surface area contributed by atoms with Gasteiger partial charge in [-0.2, -0.15) is 0 Å². The van der Waals surface area contributed by atoms with Crippen LogP contribution >= 0.6 is 24.0 Å². The molecule has 0 fully saturated rings. The molecule has 1 rings (SSSR count). The first-order valence-electron chi connectivity index (χ1n) is 6.64. The van der Waals surface area contributed by atoms with Crippen LogP contribution in [0.5, 0.6) is 0 Å². The summed E-state index contributed by atoms with van der Waals surface area (Å²) in [5.74, 6) is 0.995. The van der Waals surface area contributed by atoms with Gasteiger partial charge in [-0.15, -0.1) is 24.0 Å². The zero-order chi connectivity index (χ0) is 15.0. The Balaban J connectivity index is 0.00000400. The first-order valence-corrected chi connectivity index (χ1v) is 8.46. The van der Waals surface area contributed by atoms with Crippen molar-refractivity contribution in [2.45, 2.75) is 13.5 Å². The smallest absolute Gasteiger partial charge is 0.193 e. The third kappa shape index (κ3) is 7.66. The van der Waals surface area contributed by atoms with Crippen LogP contribution in [0.2, 0.25) is 0 Å². The second-order valence-electron chi connectivity index (χ2n) is 4.55. The highest BCUT2D eigenvalue weighted by atomic mass is 127. The average molecular weight is 425 g/mol. The van der Waals surface area contributed by atoms with E-state index in [-0.39, 0.29) is 35.5 Å². The fourth-order valence-electron chi connectivity index (χ4n) is 1.78. The number of hydrogen-bond acceptors (Lipinski definition) is 3. The van der Waals surface area contributed by atoms with Gasteiger partial charge in [-0.3, -0.25) is 4.99 Å². The molecule has 0 atom stereocenters. The van der Waals surface area contributed by atoms with Crippen molar-refractivity contribution in [1.29, 1.82) is 0 Å². The number of nitrogens with one attached hydrogen (secondary N) is 1. The van der Waals surface area contributed by atoms with E-state index in [1.54, 1.807) is 14.0 Å². The van der Waals surface area contributed by atoms with Crippen LogP contribution in [0.25, 0.3) is 0 Å². The van der Waals surface area contributed by atoms with Gasteiger partial charge in [0.25, 0.3) is 0 Å². The highest BCUT2D eigenvalue weighted by Gasteiger charge is 2.10. The molecule has 21 heavy (non-hydrogen) atoms. The molecule has 0 amide bonds. The van der Waals surface area contributed by atoms with Gasteiger partial charge in [0.15, 0.2) is 15.8 Å². The lowest BCUT2D eigenvalue weighted by atomic mass is 10.2. The van der Waals surface area contributed by atoms with Gasteiger partial charge in [-0.05, 0) is 5.56 Å². The van der Waals surface area contributed by atoms with Gasteiger partial charge in [-0.1, -0.05) is 37.3 Å². The average Bonchev–Trinajstić information content (AvgIpc) is 2.44. The summed E-state index contributed by atoms with van der Waals surface area (Å²) in [5.41, 5.74) is 1.18. The van der Waals surface area contributed by atoms with Crippen molar-refractivity contribution >= 4 is 39.8 Å². The van der Waals surface area contributed by atoms with Gasteiger partial charge in [0.2, 0.25) is 0 Å². The van der Waals surface area contributed by atoms with Gasteiger partial charge < -0.3 is 10.2 Å². The molecular weight excluding hydrogens is 401 g/mol. The minimum absolute atomic E-state index is 0. The lowest BCUT2D eigenvalue weighted by molar-refractivity contribution is 0.478. The molecule has 1 N–H and O–H groups in total. The third-order valence-corrected chi connectivity index (χ3v) is 4.68. The summed E-state index contributed by atoms with van der Waals surface area (Å²) in [5, 5.41) is 3.08. The molecule has 0 saturated carbocycles. The van der Waals surface area contributed by atoms with E-state index in [1.165, 1.54) is 5.56 Å². The minimum Gasteiger partial charge on any atom is -0.355 e. The second-order valence-corrected chi connectivity index (χ2v) is 7.02. The molecule has 0 aliphatic carbocycles. The van der Waals surface area contributed by atoms with Crippen LogP contribution in [0, 0.1) is 0 Å². The zero-order valence-corrected chi connectivity index (χ0v) is 15.9. The van der Waals surface area contributed by atoms with Crippen molar-refractivity contribution in [2.75, 3.05) is 32.1 Å². The number of rotatable bonds is 6. The Morgan fingerprint density at radius 3 is 2.43 bits per heavy atom. The van der Waals surface area contributed by atoms with Crippen LogP contribution in [0.15, 0.2) is 35.3 Å². The molecule has 0 radical (unpaired) electrons. The number of nitrogens with zero attached hydrogens (tertiary/aromatic N) is 2. The van der Waals surface area contributed by atoms with E-state index in [0.29, 0.717) is 12.5 Å². The Kier molecular flexibility index (Phi) is 9.60.